The summed E-state index contributed by atoms with van der Waals surface area (Å²) in [6.07, 6.45) is 4.03. The van der Waals surface area contributed by atoms with Crippen molar-refractivity contribution in [3.05, 3.63) is 59.9 Å². The summed E-state index contributed by atoms with van der Waals surface area (Å²) in [7, 11) is 3.84. The van der Waals surface area contributed by atoms with Crippen LogP contribution in [0, 0.1) is 5.92 Å². The number of Topliss-reactive ketones (excluding diaryl/α,β-unsaturated/α-hetero) is 1. The number of ketones is 1. The van der Waals surface area contributed by atoms with E-state index in [2.05, 4.69) is 10.3 Å². The summed E-state index contributed by atoms with van der Waals surface area (Å²) in [4.78, 5) is 61.8. The van der Waals surface area contributed by atoms with Crippen molar-refractivity contribution < 1.29 is 19.2 Å². The van der Waals surface area contributed by atoms with E-state index in [0.717, 1.165) is 5.69 Å². The van der Waals surface area contributed by atoms with Crippen molar-refractivity contribution in [1.82, 2.24) is 20.1 Å². The van der Waals surface area contributed by atoms with Gasteiger partial charge in [-0.25, -0.2) is 0 Å². The van der Waals surface area contributed by atoms with Crippen LogP contribution in [-0.2, 0) is 9.59 Å². The standard InChI is InChI=1S/C27H33N5O4/c1-17(2)14-21(29-25(34)18-7-9-20(10-8-18)30(3)4)27(36)31-13-11-22-24(31)23(33)16-32(22)26(35)19-6-5-12-28-15-19/h5-10,12,15,17,21-22,24H,11,13-14,16H2,1-4H3,(H,29,34)/t21-,22?,24-/m0/s1. The second-order valence-corrected chi connectivity index (χ2v) is 10.1. The smallest absolute Gasteiger partial charge is 0.256 e. The third-order valence-electron chi connectivity index (χ3n) is 6.83. The average Bonchev–Trinajstić information content (AvgIpc) is 3.44. The van der Waals surface area contributed by atoms with E-state index in [0.29, 0.717) is 30.5 Å². The molecule has 36 heavy (non-hydrogen) atoms. The van der Waals surface area contributed by atoms with Gasteiger partial charge in [0.05, 0.1) is 18.2 Å². The first-order chi connectivity index (χ1) is 17.2. The van der Waals surface area contributed by atoms with E-state index in [1.165, 1.54) is 6.20 Å². The summed E-state index contributed by atoms with van der Waals surface area (Å²) in [6.45, 7) is 4.30. The highest BCUT2D eigenvalue weighted by Crippen LogP contribution is 2.31. The minimum Gasteiger partial charge on any atom is -0.378 e. The van der Waals surface area contributed by atoms with E-state index in [9.17, 15) is 19.2 Å². The lowest BCUT2D eigenvalue weighted by atomic mass is 10.0. The van der Waals surface area contributed by atoms with Gasteiger partial charge < -0.3 is 20.0 Å². The van der Waals surface area contributed by atoms with Gasteiger partial charge in [0.2, 0.25) is 5.91 Å². The molecular formula is C27H33N5O4. The van der Waals surface area contributed by atoms with E-state index < -0.39 is 12.1 Å². The molecule has 0 bridgehead atoms. The van der Waals surface area contributed by atoms with E-state index >= 15 is 0 Å². The Morgan fingerprint density at radius 3 is 2.42 bits per heavy atom. The van der Waals surface area contributed by atoms with E-state index in [1.54, 1.807) is 40.3 Å². The molecule has 0 saturated carbocycles. The Morgan fingerprint density at radius 2 is 1.81 bits per heavy atom. The highest BCUT2D eigenvalue weighted by Gasteiger charge is 2.52. The van der Waals surface area contributed by atoms with Crippen LogP contribution in [0.1, 0.15) is 47.4 Å². The number of fused-ring (bicyclic) bond motifs is 1. The summed E-state index contributed by atoms with van der Waals surface area (Å²) in [5.41, 5.74) is 1.85. The monoisotopic (exact) mass is 491 g/mol. The number of amides is 3. The molecule has 2 saturated heterocycles. The van der Waals surface area contributed by atoms with Crippen molar-refractivity contribution in [3.63, 3.8) is 0 Å². The SMILES string of the molecule is CC(C)C[C@H](NC(=O)c1ccc(N(C)C)cc1)C(=O)N1CCC2[C@H]1C(=O)CN2C(=O)c1cccnc1. The summed E-state index contributed by atoms with van der Waals surface area (Å²) in [5, 5.41) is 2.90. The Kier molecular flexibility index (Phi) is 7.37. The maximum atomic E-state index is 13.7. The third kappa shape index (κ3) is 5.10. The second kappa shape index (κ2) is 10.5. The van der Waals surface area contributed by atoms with Crippen molar-refractivity contribution in [3.8, 4) is 0 Å². The molecule has 2 fully saturated rings. The van der Waals surface area contributed by atoms with E-state index in [1.807, 2.05) is 45.0 Å². The van der Waals surface area contributed by atoms with Gasteiger partial charge in [0.25, 0.3) is 11.8 Å². The second-order valence-electron chi connectivity index (χ2n) is 10.1. The minimum absolute atomic E-state index is 0.0354. The zero-order valence-electron chi connectivity index (χ0n) is 21.2. The number of pyridine rings is 1. The number of aromatic nitrogens is 1. The molecule has 2 aromatic rings. The normalized spacial score (nSPS) is 19.9. The summed E-state index contributed by atoms with van der Waals surface area (Å²) >= 11 is 0. The Morgan fingerprint density at radius 1 is 1.08 bits per heavy atom. The maximum Gasteiger partial charge on any atom is 0.256 e. The molecule has 0 aliphatic carbocycles. The quantitative estimate of drug-likeness (QED) is 0.636. The molecule has 2 aliphatic rings. The fourth-order valence-electron chi connectivity index (χ4n) is 5.04. The molecule has 1 N–H and O–H groups in total. The Bertz CT molecular complexity index is 1130. The first-order valence-corrected chi connectivity index (χ1v) is 12.3. The minimum atomic E-state index is -0.763. The molecule has 4 rings (SSSR count). The van der Waals surface area contributed by atoms with Gasteiger partial charge in [-0.15, -0.1) is 0 Å². The van der Waals surface area contributed by atoms with Gasteiger partial charge in [-0.05, 0) is 55.2 Å². The number of nitrogens with one attached hydrogen (secondary N) is 1. The molecule has 9 nitrogen and oxygen atoms in total. The molecule has 1 aromatic heterocycles. The number of carbonyl (C=O) groups is 4. The van der Waals surface area contributed by atoms with Gasteiger partial charge in [0.15, 0.2) is 5.78 Å². The average molecular weight is 492 g/mol. The number of nitrogens with zero attached hydrogens (tertiary/aromatic N) is 4. The highest BCUT2D eigenvalue weighted by atomic mass is 16.2. The van der Waals surface area contributed by atoms with Crippen LogP contribution in [0.15, 0.2) is 48.8 Å². The third-order valence-corrected chi connectivity index (χ3v) is 6.83. The van der Waals surface area contributed by atoms with Crippen molar-refractivity contribution in [2.45, 2.75) is 44.8 Å². The lowest BCUT2D eigenvalue weighted by Gasteiger charge is -2.29. The zero-order valence-corrected chi connectivity index (χ0v) is 21.2. The number of rotatable bonds is 7. The Labute approximate surface area is 211 Å². The predicted octanol–water partition coefficient (Wildman–Crippen LogP) is 1.99. The largest absolute Gasteiger partial charge is 0.378 e. The predicted molar refractivity (Wildman–Crippen MR) is 136 cm³/mol. The number of likely N-dealkylation sites (tertiary alicyclic amines) is 2. The molecule has 9 heteroatoms. The molecule has 190 valence electrons. The van der Waals surface area contributed by atoms with Crippen LogP contribution in [0.2, 0.25) is 0 Å². The van der Waals surface area contributed by atoms with Gasteiger partial charge in [0, 0.05) is 44.3 Å². The number of benzene rings is 1. The highest BCUT2D eigenvalue weighted by molar-refractivity contribution is 6.03. The fraction of sp³-hybridized carbons (Fsp3) is 0.444. The molecule has 0 radical (unpaired) electrons. The van der Waals surface area contributed by atoms with Crippen LogP contribution in [0.25, 0.3) is 0 Å². The number of anilines is 1. The van der Waals surface area contributed by atoms with E-state index in [4.69, 9.17) is 0 Å². The molecule has 1 aromatic carbocycles. The molecular weight excluding hydrogens is 458 g/mol. The van der Waals surface area contributed by atoms with E-state index in [-0.39, 0.29) is 42.0 Å². The van der Waals surface area contributed by atoms with Crippen LogP contribution < -0.4 is 10.2 Å². The van der Waals surface area contributed by atoms with Gasteiger partial charge >= 0.3 is 0 Å². The summed E-state index contributed by atoms with van der Waals surface area (Å²) in [5.74, 6) is -0.875. The Balaban J connectivity index is 1.50. The number of carbonyl (C=O) groups excluding carboxylic acids is 4. The number of hydrogen-bond donors (Lipinski definition) is 1. The molecule has 3 amide bonds. The van der Waals surface area contributed by atoms with Crippen molar-refractivity contribution in [1.29, 1.82) is 0 Å². The van der Waals surface area contributed by atoms with Crippen LogP contribution in [0.5, 0.6) is 0 Å². The number of hydrogen-bond acceptors (Lipinski definition) is 6. The Hall–Kier alpha value is -3.75. The molecule has 3 atom stereocenters. The molecule has 3 heterocycles. The summed E-state index contributed by atoms with van der Waals surface area (Å²) < 4.78 is 0. The first kappa shape index (κ1) is 25.3. The van der Waals surface area contributed by atoms with Crippen LogP contribution >= 0.6 is 0 Å². The van der Waals surface area contributed by atoms with Crippen LogP contribution in [0.3, 0.4) is 0 Å². The van der Waals surface area contributed by atoms with Crippen molar-refractivity contribution >= 4 is 29.2 Å². The van der Waals surface area contributed by atoms with Crippen LogP contribution in [0.4, 0.5) is 5.69 Å². The molecule has 0 spiro atoms. The fourth-order valence-corrected chi connectivity index (χ4v) is 5.04. The topological polar surface area (TPSA) is 103 Å². The van der Waals surface area contributed by atoms with Gasteiger partial charge in [-0.1, -0.05) is 13.8 Å². The lowest BCUT2D eigenvalue weighted by Crippen LogP contribution is -2.53. The van der Waals surface area contributed by atoms with Gasteiger partial charge in [-0.3, -0.25) is 24.2 Å². The zero-order chi connectivity index (χ0) is 26.0. The molecule has 1 unspecified atom stereocenters. The van der Waals surface area contributed by atoms with Gasteiger partial charge in [0.1, 0.15) is 12.1 Å². The molecule has 2 aliphatic heterocycles. The maximum absolute atomic E-state index is 13.7. The van der Waals surface area contributed by atoms with Gasteiger partial charge in [-0.2, -0.15) is 0 Å². The van der Waals surface area contributed by atoms with Crippen molar-refractivity contribution in [2.75, 3.05) is 32.1 Å². The summed E-state index contributed by atoms with van der Waals surface area (Å²) in [6, 6.07) is 8.69. The lowest BCUT2D eigenvalue weighted by molar-refractivity contribution is -0.138. The van der Waals surface area contributed by atoms with Crippen molar-refractivity contribution in [2.24, 2.45) is 5.92 Å². The van der Waals surface area contributed by atoms with Crippen LogP contribution in [-0.4, -0.2) is 83.6 Å². The first-order valence-electron chi connectivity index (χ1n) is 12.3.